The van der Waals surface area contributed by atoms with E-state index in [-0.39, 0.29) is 31.6 Å². The van der Waals surface area contributed by atoms with Crippen molar-refractivity contribution in [3.8, 4) is 0 Å². The van der Waals surface area contributed by atoms with Gasteiger partial charge in [-0.05, 0) is 25.3 Å². The molecule has 2 rings (SSSR count). The molecular formula is C15H23N5O3S. The maximum Gasteiger partial charge on any atom is 0.324 e. The molecule has 3 amide bonds. The summed E-state index contributed by atoms with van der Waals surface area (Å²) in [5, 5.41) is 21.0. The Hall–Kier alpha value is -2.13. The van der Waals surface area contributed by atoms with Gasteiger partial charge in [0.15, 0.2) is 5.96 Å². The van der Waals surface area contributed by atoms with E-state index >= 15 is 0 Å². The predicted octanol–water partition coefficient (Wildman–Crippen LogP) is 0.0625. The molecule has 1 aromatic heterocycles. The van der Waals surface area contributed by atoms with Crippen LogP contribution in [-0.4, -0.2) is 60.6 Å². The lowest BCUT2D eigenvalue weighted by molar-refractivity contribution is -0.124. The second-order valence-corrected chi connectivity index (χ2v) is 6.52. The third-order valence-electron chi connectivity index (χ3n) is 3.51. The van der Waals surface area contributed by atoms with E-state index in [0.717, 1.165) is 4.88 Å². The zero-order valence-electron chi connectivity index (χ0n) is 13.8. The first-order valence-corrected chi connectivity index (χ1v) is 8.68. The van der Waals surface area contributed by atoms with Crippen LogP contribution in [0.4, 0.5) is 4.79 Å². The maximum atomic E-state index is 11.5. The van der Waals surface area contributed by atoms with Crippen molar-refractivity contribution in [2.75, 3.05) is 32.7 Å². The number of nitrogens with one attached hydrogen (secondary N) is 3. The Morgan fingerprint density at radius 2 is 2.29 bits per heavy atom. The van der Waals surface area contributed by atoms with Crippen LogP contribution in [0.2, 0.25) is 0 Å². The molecule has 0 spiro atoms. The Morgan fingerprint density at radius 3 is 2.88 bits per heavy atom. The summed E-state index contributed by atoms with van der Waals surface area (Å²) >= 11 is 1.48. The Kier molecular flexibility index (Phi) is 6.16. The number of imide groups is 1. The highest BCUT2D eigenvalue weighted by Gasteiger charge is 2.28. The van der Waals surface area contributed by atoms with E-state index in [0.29, 0.717) is 19.0 Å². The number of carbonyl (C=O) groups is 2. The Morgan fingerprint density at radius 1 is 1.50 bits per heavy atom. The Balaban J connectivity index is 1.89. The summed E-state index contributed by atoms with van der Waals surface area (Å²) < 4.78 is 0. The van der Waals surface area contributed by atoms with Gasteiger partial charge in [-0.15, -0.1) is 11.3 Å². The molecule has 8 nitrogen and oxygen atoms in total. The molecular weight excluding hydrogens is 330 g/mol. The van der Waals surface area contributed by atoms with Crippen LogP contribution in [0.15, 0.2) is 22.5 Å². The summed E-state index contributed by atoms with van der Waals surface area (Å²) in [4.78, 5) is 29.4. The lowest BCUT2D eigenvalue weighted by Gasteiger charge is -2.21. The maximum absolute atomic E-state index is 11.5. The highest BCUT2D eigenvalue weighted by molar-refractivity contribution is 7.10. The molecule has 1 fully saturated rings. The molecule has 9 heteroatoms. The summed E-state index contributed by atoms with van der Waals surface area (Å²) in [6.45, 7) is 5.21. The van der Waals surface area contributed by atoms with Gasteiger partial charge >= 0.3 is 6.03 Å². The van der Waals surface area contributed by atoms with Crippen LogP contribution in [0.3, 0.4) is 0 Å². The van der Waals surface area contributed by atoms with Crippen molar-refractivity contribution in [1.29, 1.82) is 0 Å². The standard InChI is InChI=1S/C15H23N5O3S/c1-3-16-13(17-6-7-20-12(21)9-18-14(20)22)19-10-15(2,23)11-5-4-8-24-11/h4-5,8,23H,3,6-7,9-10H2,1-2H3,(H,18,22)(H2,16,17,19). The third-order valence-corrected chi connectivity index (χ3v) is 4.63. The minimum absolute atomic E-state index is 0.0523. The van der Waals surface area contributed by atoms with Crippen LogP contribution in [0, 0.1) is 0 Å². The van der Waals surface area contributed by atoms with Gasteiger partial charge in [-0.2, -0.15) is 0 Å². The van der Waals surface area contributed by atoms with Crippen LogP contribution in [0.25, 0.3) is 0 Å². The first kappa shape index (κ1) is 18.2. The van der Waals surface area contributed by atoms with Crippen LogP contribution in [0.1, 0.15) is 18.7 Å². The molecule has 0 radical (unpaired) electrons. The molecule has 0 aliphatic carbocycles. The molecule has 0 saturated carbocycles. The van der Waals surface area contributed by atoms with Gasteiger partial charge in [0.25, 0.3) is 0 Å². The summed E-state index contributed by atoms with van der Waals surface area (Å²) in [5.74, 6) is 0.297. The van der Waals surface area contributed by atoms with Gasteiger partial charge < -0.3 is 21.1 Å². The zero-order chi connectivity index (χ0) is 17.6. The Bertz CT molecular complexity index is 584. The minimum atomic E-state index is -1.04. The number of thiophene rings is 1. The lowest BCUT2D eigenvalue weighted by atomic mass is 10.1. The number of rotatable bonds is 7. The smallest absolute Gasteiger partial charge is 0.324 e. The molecule has 1 aliphatic heterocycles. The SMILES string of the molecule is CCNC(=NCC(C)(O)c1cccs1)NCCN1C(=O)CNC1=O. The van der Waals surface area contributed by atoms with Crippen molar-refractivity contribution < 1.29 is 14.7 Å². The predicted molar refractivity (Wildman–Crippen MR) is 93.0 cm³/mol. The van der Waals surface area contributed by atoms with Gasteiger partial charge in [0, 0.05) is 24.5 Å². The van der Waals surface area contributed by atoms with Crippen molar-refractivity contribution >= 4 is 29.2 Å². The first-order valence-electron chi connectivity index (χ1n) is 7.81. The van der Waals surface area contributed by atoms with Crippen LogP contribution < -0.4 is 16.0 Å². The summed E-state index contributed by atoms with van der Waals surface area (Å²) in [6.07, 6.45) is 0. The molecule has 24 heavy (non-hydrogen) atoms. The van der Waals surface area contributed by atoms with Crippen molar-refractivity contribution in [1.82, 2.24) is 20.9 Å². The van der Waals surface area contributed by atoms with E-state index < -0.39 is 5.60 Å². The number of aliphatic imine (C=N–C) groups is 1. The lowest BCUT2D eigenvalue weighted by Crippen LogP contribution is -2.43. The fourth-order valence-corrected chi connectivity index (χ4v) is 2.98. The van der Waals surface area contributed by atoms with Crippen LogP contribution >= 0.6 is 11.3 Å². The molecule has 132 valence electrons. The van der Waals surface area contributed by atoms with E-state index in [9.17, 15) is 14.7 Å². The van der Waals surface area contributed by atoms with Gasteiger partial charge in [0.2, 0.25) is 5.91 Å². The van der Waals surface area contributed by atoms with E-state index in [1.807, 2.05) is 24.4 Å². The molecule has 2 heterocycles. The van der Waals surface area contributed by atoms with Crippen molar-refractivity contribution in [3.63, 3.8) is 0 Å². The fourth-order valence-electron chi connectivity index (χ4n) is 2.21. The fraction of sp³-hybridized carbons (Fsp3) is 0.533. The highest BCUT2D eigenvalue weighted by Crippen LogP contribution is 2.25. The number of hydrogen-bond acceptors (Lipinski definition) is 5. The Labute approximate surface area is 145 Å². The van der Waals surface area contributed by atoms with Gasteiger partial charge in [0.1, 0.15) is 5.60 Å². The van der Waals surface area contributed by atoms with Gasteiger partial charge in [-0.1, -0.05) is 6.07 Å². The molecule has 0 aromatic carbocycles. The largest absolute Gasteiger partial charge is 0.383 e. The number of aliphatic hydroxyl groups is 1. The molecule has 1 atom stereocenters. The van der Waals surface area contributed by atoms with Crippen molar-refractivity contribution in [3.05, 3.63) is 22.4 Å². The van der Waals surface area contributed by atoms with E-state index in [4.69, 9.17) is 0 Å². The number of hydrogen-bond donors (Lipinski definition) is 4. The number of amides is 3. The second-order valence-electron chi connectivity index (χ2n) is 5.58. The first-order chi connectivity index (χ1) is 11.4. The number of nitrogens with zero attached hydrogens (tertiary/aromatic N) is 2. The second kappa shape index (κ2) is 8.11. The van der Waals surface area contributed by atoms with Gasteiger partial charge in [-0.25, -0.2) is 9.79 Å². The molecule has 4 N–H and O–H groups in total. The molecule has 1 saturated heterocycles. The van der Waals surface area contributed by atoms with Crippen molar-refractivity contribution in [2.45, 2.75) is 19.4 Å². The van der Waals surface area contributed by atoms with E-state index in [1.54, 1.807) is 6.92 Å². The number of urea groups is 1. The zero-order valence-corrected chi connectivity index (χ0v) is 14.7. The minimum Gasteiger partial charge on any atom is -0.383 e. The topological polar surface area (TPSA) is 106 Å². The summed E-state index contributed by atoms with van der Waals surface area (Å²) in [5.41, 5.74) is -1.04. The molecule has 0 bridgehead atoms. The highest BCUT2D eigenvalue weighted by atomic mass is 32.1. The van der Waals surface area contributed by atoms with Gasteiger partial charge in [-0.3, -0.25) is 9.69 Å². The monoisotopic (exact) mass is 353 g/mol. The van der Waals surface area contributed by atoms with Gasteiger partial charge in [0.05, 0.1) is 13.1 Å². The van der Waals surface area contributed by atoms with Crippen molar-refractivity contribution in [2.24, 2.45) is 4.99 Å². The quantitative estimate of drug-likeness (QED) is 0.315. The number of carbonyl (C=O) groups excluding carboxylic acids is 2. The normalized spacial score (nSPS) is 17.6. The molecule has 1 aliphatic rings. The average Bonchev–Trinajstić information content (AvgIpc) is 3.18. The summed E-state index contributed by atoms with van der Waals surface area (Å²) in [7, 11) is 0. The van der Waals surface area contributed by atoms with Crippen LogP contribution in [0.5, 0.6) is 0 Å². The van der Waals surface area contributed by atoms with E-state index in [1.165, 1.54) is 16.2 Å². The molecule has 1 aromatic rings. The number of guanidine groups is 1. The van der Waals surface area contributed by atoms with Crippen LogP contribution in [-0.2, 0) is 10.4 Å². The third kappa shape index (κ3) is 4.68. The average molecular weight is 353 g/mol. The summed E-state index contributed by atoms with van der Waals surface area (Å²) in [6, 6.07) is 3.39. The van der Waals surface area contributed by atoms with E-state index in [2.05, 4.69) is 20.9 Å². The molecule has 1 unspecified atom stereocenters.